The van der Waals surface area contributed by atoms with E-state index in [4.69, 9.17) is 0 Å². The van der Waals surface area contributed by atoms with Crippen LogP contribution < -0.4 is 5.32 Å². The fraction of sp³-hybridized carbons (Fsp3) is 0.750. The summed E-state index contributed by atoms with van der Waals surface area (Å²) in [4.78, 5) is 1.58. The lowest BCUT2D eigenvalue weighted by Gasteiger charge is -2.19. The van der Waals surface area contributed by atoms with Gasteiger partial charge in [0.1, 0.15) is 0 Å². The molecule has 1 unspecified atom stereocenters. The molecule has 0 bridgehead atoms. The van der Waals surface area contributed by atoms with Gasteiger partial charge in [0.15, 0.2) is 0 Å². The summed E-state index contributed by atoms with van der Waals surface area (Å²) in [6.45, 7) is 10.3. The molecule has 1 N–H and O–H groups in total. The first-order chi connectivity index (χ1) is 8.69. The molecule has 0 amide bonds. The van der Waals surface area contributed by atoms with Crippen molar-refractivity contribution >= 4 is 11.3 Å². The molecule has 0 aliphatic heterocycles. The van der Waals surface area contributed by atoms with Crippen molar-refractivity contribution in [3.05, 3.63) is 21.9 Å². The molecule has 1 heterocycles. The highest BCUT2D eigenvalue weighted by Gasteiger charge is 2.15. The number of aryl methyl sites for hydroxylation is 1. The summed E-state index contributed by atoms with van der Waals surface area (Å²) in [5.74, 6) is 0.825. The lowest BCUT2D eigenvalue weighted by Crippen LogP contribution is -2.22. The van der Waals surface area contributed by atoms with E-state index in [1.807, 2.05) is 11.3 Å². The summed E-state index contributed by atoms with van der Waals surface area (Å²) in [6, 6.07) is 2.88. The van der Waals surface area contributed by atoms with Crippen LogP contribution in [-0.4, -0.2) is 6.54 Å². The van der Waals surface area contributed by atoms with E-state index in [1.165, 1.54) is 31.2 Å². The van der Waals surface area contributed by atoms with Crippen LogP contribution >= 0.6 is 11.3 Å². The van der Waals surface area contributed by atoms with E-state index in [9.17, 15) is 0 Å². The zero-order valence-electron chi connectivity index (χ0n) is 12.5. The summed E-state index contributed by atoms with van der Waals surface area (Å²) in [6.07, 6.45) is 6.34. The largest absolute Gasteiger partial charge is 0.309 e. The van der Waals surface area contributed by atoms with Crippen LogP contribution in [0, 0.1) is 5.92 Å². The van der Waals surface area contributed by atoms with Crippen molar-refractivity contribution in [2.75, 3.05) is 6.54 Å². The monoisotopic (exact) mass is 267 g/mol. The Morgan fingerprint density at radius 1 is 1.22 bits per heavy atom. The van der Waals surface area contributed by atoms with Gasteiger partial charge in [-0.2, -0.15) is 0 Å². The van der Waals surface area contributed by atoms with Crippen molar-refractivity contribution in [1.82, 2.24) is 5.32 Å². The van der Waals surface area contributed by atoms with Crippen LogP contribution in [0.5, 0.6) is 0 Å². The molecule has 0 radical (unpaired) electrons. The van der Waals surface area contributed by atoms with Crippen LogP contribution in [0.25, 0.3) is 0 Å². The lowest BCUT2D eigenvalue weighted by atomic mass is 10.00. The molecule has 0 aliphatic carbocycles. The van der Waals surface area contributed by atoms with E-state index < -0.39 is 0 Å². The second kappa shape index (κ2) is 8.71. The highest BCUT2D eigenvalue weighted by molar-refractivity contribution is 7.10. The van der Waals surface area contributed by atoms with Crippen LogP contribution in [-0.2, 0) is 6.42 Å². The van der Waals surface area contributed by atoms with Crippen molar-refractivity contribution in [2.24, 2.45) is 5.92 Å². The Hall–Kier alpha value is -0.340. The number of rotatable bonds is 9. The molecule has 0 spiro atoms. The third-order valence-electron chi connectivity index (χ3n) is 3.39. The molecule has 18 heavy (non-hydrogen) atoms. The van der Waals surface area contributed by atoms with Gasteiger partial charge in [-0.25, -0.2) is 0 Å². The van der Waals surface area contributed by atoms with Gasteiger partial charge in [-0.1, -0.05) is 40.5 Å². The highest BCUT2D eigenvalue weighted by Crippen LogP contribution is 2.29. The number of hydrogen-bond donors (Lipinski definition) is 1. The maximum Gasteiger partial charge on any atom is 0.0417 e. The second-order valence-corrected chi connectivity index (χ2v) is 6.44. The summed E-state index contributed by atoms with van der Waals surface area (Å²) < 4.78 is 0. The maximum atomic E-state index is 3.73. The quantitative estimate of drug-likeness (QED) is 0.650. The SMILES string of the molecule is CCCNC(CCCC(C)C)c1sccc1CC. The first-order valence-corrected chi connectivity index (χ1v) is 8.36. The fourth-order valence-corrected chi connectivity index (χ4v) is 3.43. The normalized spacial score (nSPS) is 13.2. The molecule has 1 atom stereocenters. The van der Waals surface area contributed by atoms with Crippen LogP contribution in [0.1, 0.15) is 69.9 Å². The molecule has 104 valence electrons. The summed E-state index contributed by atoms with van der Waals surface area (Å²) in [7, 11) is 0. The Bertz CT molecular complexity index is 317. The smallest absolute Gasteiger partial charge is 0.0417 e. The van der Waals surface area contributed by atoms with Crippen LogP contribution in [0.4, 0.5) is 0 Å². The van der Waals surface area contributed by atoms with Gasteiger partial charge < -0.3 is 5.32 Å². The van der Waals surface area contributed by atoms with Crippen molar-refractivity contribution in [3.63, 3.8) is 0 Å². The fourth-order valence-electron chi connectivity index (χ4n) is 2.32. The summed E-state index contributed by atoms with van der Waals surface area (Å²) in [5, 5.41) is 5.98. The standard InChI is InChI=1S/C16H29NS/c1-5-11-17-15(9-7-8-13(3)4)16-14(6-2)10-12-18-16/h10,12-13,15,17H,5-9,11H2,1-4H3. The van der Waals surface area contributed by atoms with E-state index in [0.717, 1.165) is 18.9 Å². The van der Waals surface area contributed by atoms with E-state index in [-0.39, 0.29) is 0 Å². The zero-order chi connectivity index (χ0) is 13.4. The third kappa shape index (κ3) is 5.11. The van der Waals surface area contributed by atoms with Gasteiger partial charge >= 0.3 is 0 Å². The molecule has 0 aromatic carbocycles. The average molecular weight is 267 g/mol. The molecule has 1 aromatic heterocycles. The Morgan fingerprint density at radius 2 is 2.00 bits per heavy atom. The van der Waals surface area contributed by atoms with Crippen molar-refractivity contribution in [3.8, 4) is 0 Å². The maximum absolute atomic E-state index is 3.73. The van der Waals surface area contributed by atoms with Crippen molar-refractivity contribution < 1.29 is 0 Å². The first-order valence-electron chi connectivity index (χ1n) is 7.48. The topological polar surface area (TPSA) is 12.0 Å². The number of nitrogens with one attached hydrogen (secondary N) is 1. The average Bonchev–Trinajstić information content (AvgIpc) is 2.81. The van der Waals surface area contributed by atoms with Gasteiger partial charge in [0.05, 0.1) is 0 Å². The predicted octanol–water partition coefficient (Wildman–Crippen LogP) is 5.18. The van der Waals surface area contributed by atoms with Gasteiger partial charge in [0, 0.05) is 10.9 Å². The number of hydrogen-bond acceptors (Lipinski definition) is 2. The predicted molar refractivity (Wildman–Crippen MR) is 83.4 cm³/mol. The molecule has 0 saturated heterocycles. The van der Waals surface area contributed by atoms with Gasteiger partial charge in [-0.15, -0.1) is 11.3 Å². The second-order valence-electron chi connectivity index (χ2n) is 5.50. The Morgan fingerprint density at radius 3 is 2.61 bits per heavy atom. The first kappa shape index (κ1) is 15.7. The van der Waals surface area contributed by atoms with Gasteiger partial charge in [-0.3, -0.25) is 0 Å². The Labute approximate surface area is 117 Å². The number of thiophene rings is 1. The van der Waals surface area contributed by atoms with Crippen LogP contribution in [0.2, 0.25) is 0 Å². The molecule has 0 aliphatic rings. The molecule has 2 heteroatoms. The minimum absolute atomic E-state index is 0.582. The van der Waals surface area contributed by atoms with E-state index >= 15 is 0 Å². The minimum atomic E-state index is 0.582. The molecular formula is C16H29NS. The van der Waals surface area contributed by atoms with Crippen molar-refractivity contribution in [2.45, 2.75) is 65.8 Å². The van der Waals surface area contributed by atoms with Gasteiger partial charge in [-0.05, 0) is 48.7 Å². The third-order valence-corrected chi connectivity index (χ3v) is 4.47. The Balaban J connectivity index is 2.59. The van der Waals surface area contributed by atoms with Crippen LogP contribution in [0.3, 0.4) is 0 Å². The van der Waals surface area contributed by atoms with Crippen molar-refractivity contribution in [1.29, 1.82) is 0 Å². The van der Waals surface area contributed by atoms with E-state index in [0.29, 0.717) is 6.04 Å². The molecule has 1 nitrogen and oxygen atoms in total. The highest BCUT2D eigenvalue weighted by atomic mass is 32.1. The van der Waals surface area contributed by atoms with Gasteiger partial charge in [0.25, 0.3) is 0 Å². The van der Waals surface area contributed by atoms with Crippen LogP contribution in [0.15, 0.2) is 11.4 Å². The van der Waals surface area contributed by atoms with Gasteiger partial charge in [0.2, 0.25) is 0 Å². The molecule has 1 rings (SSSR count). The van der Waals surface area contributed by atoms with E-state index in [1.54, 1.807) is 4.88 Å². The minimum Gasteiger partial charge on any atom is -0.309 e. The summed E-state index contributed by atoms with van der Waals surface area (Å²) in [5.41, 5.74) is 1.54. The lowest BCUT2D eigenvalue weighted by molar-refractivity contribution is 0.450. The molecule has 0 fully saturated rings. The molecule has 0 saturated carbocycles. The molecular weight excluding hydrogens is 238 g/mol. The summed E-state index contributed by atoms with van der Waals surface area (Å²) >= 11 is 1.93. The Kier molecular flexibility index (Phi) is 7.60. The van der Waals surface area contributed by atoms with E-state index in [2.05, 4.69) is 44.5 Å². The molecule has 1 aromatic rings. The zero-order valence-corrected chi connectivity index (χ0v) is 13.3.